The number of nitrogens with one attached hydrogen (secondary N) is 1. The summed E-state index contributed by atoms with van der Waals surface area (Å²) in [6.07, 6.45) is 6.61. The van der Waals surface area contributed by atoms with Crippen molar-refractivity contribution < 1.29 is 9.21 Å². The Morgan fingerprint density at radius 1 is 1.10 bits per heavy atom. The van der Waals surface area contributed by atoms with Gasteiger partial charge in [-0.05, 0) is 49.8 Å². The van der Waals surface area contributed by atoms with Crippen molar-refractivity contribution in [3.05, 3.63) is 66.0 Å². The standard InChI is InChI=1S/C22H24N6O2/c1-16-7-8-23-19(14-16)26-20-15-21(25-17(2)24-20)27-9-11-28(12-10-27)22(29)6-5-18-4-3-13-30-18/h3-8,13-15H,9-12H2,1-2H3,(H,23,24,25,26)/b6-5+. The van der Waals surface area contributed by atoms with E-state index in [0.717, 1.165) is 17.2 Å². The highest BCUT2D eigenvalue weighted by atomic mass is 16.3. The van der Waals surface area contributed by atoms with Gasteiger partial charge in [0.05, 0.1) is 6.26 Å². The molecule has 4 rings (SSSR count). The number of amides is 1. The molecule has 30 heavy (non-hydrogen) atoms. The molecule has 3 aromatic heterocycles. The van der Waals surface area contributed by atoms with Crippen molar-refractivity contribution in [3.8, 4) is 0 Å². The van der Waals surface area contributed by atoms with Crippen molar-refractivity contribution in [1.82, 2.24) is 19.9 Å². The average molecular weight is 404 g/mol. The summed E-state index contributed by atoms with van der Waals surface area (Å²) in [4.78, 5) is 29.8. The average Bonchev–Trinajstić information content (AvgIpc) is 3.25. The van der Waals surface area contributed by atoms with Crippen LogP contribution in [0.5, 0.6) is 0 Å². The first-order valence-corrected chi connectivity index (χ1v) is 9.88. The lowest BCUT2D eigenvalue weighted by Crippen LogP contribution is -2.48. The van der Waals surface area contributed by atoms with Crippen molar-refractivity contribution in [2.45, 2.75) is 13.8 Å². The number of hydrogen-bond donors (Lipinski definition) is 1. The van der Waals surface area contributed by atoms with Gasteiger partial charge in [0.25, 0.3) is 0 Å². The molecule has 8 heteroatoms. The Labute approximate surface area is 175 Å². The Morgan fingerprint density at radius 2 is 1.93 bits per heavy atom. The zero-order valence-corrected chi connectivity index (χ0v) is 17.1. The van der Waals surface area contributed by atoms with Crippen LogP contribution in [0.1, 0.15) is 17.1 Å². The third-order valence-corrected chi connectivity index (χ3v) is 4.84. The highest BCUT2D eigenvalue weighted by Gasteiger charge is 2.21. The normalized spacial score (nSPS) is 14.3. The zero-order chi connectivity index (χ0) is 20.9. The Hall–Kier alpha value is -3.68. The number of pyridine rings is 1. The number of aryl methyl sites for hydroxylation is 2. The third-order valence-electron chi connectivity index (χ3n) is 4.84. The number of carbonyl (C=O) groups excluding carboxylic acids is 1. The molecule has 1 aliphatic heterocycles. The first-order chi connectivity index (χ1) is 14.6. The molecule has 3 aromatic rings. The summed E-state index contributed by atoms with van der Waals surface area (Å²) < 4.78 is 5.23. The largest absolute Gasteiger partial charge is 0.465 e. The summed E-state index contributed by atoms with van der Waals surface area (Å²) in [5.74, 6) is 3.63. The van der Waals surface area contributed by atoms with Crippen molar-refractivity contribution in [2.75, 3.05) is 36.4 Å². The SMILES string of the molecule is Cc1ccnc(Nc2cc(N3CCN(C(=O)/C=C/c4ccco4)CC3)nc(C)n2)c1. The monoisotopic (exact) mass is 404 g/mol. The lowest BCUT2D eigenvalue weighted by molar-refractivity contribution is -0.126. The summed E-state index contributed by atoms with van der Waals surface area (Å²) in [6.45, 7) is 6.57. The van der Waals surface area contributed by atoms with Gasteiger partial charge in [0, 0.05) is 44.5 Å². The Bertz CT molecular complexity index is 1040. The maximum absolute atomic E-state index is 12.4. The molecule has 1 saturated heterocycles. The molecule has 1 aliphatic rings. The van der Waals surface area contributed by atoms with E-state index in [2.05, 4.69) is 25.2 Å². The molecule has 0 aromatic carbocycles. The van der Waals surface area contributed by atoms with Crippen LogP contribution in [-0.2, 0) is 4.79 Å². The molecule has 154 valence electrons. The van der Waals surface area contributed by atoms with E-state index < -0.39 is 0 Å². The van der Waals surface area contributed by atoms with E-state index in [1.807, 2.05) is 43.0 Å². The van der Waals surface area contributed by atoms with Gasteiger partial charge in [-0.3, -0.25) is 4.79 Å². The van der Waals surface area contributed by atoms with E-state index in [9.17, 15) is 4.79 Å². The van der Waals surface area contributed by atoms with E-state index >= 15 is 0 Å². The van der Waals surface area contributed by atoms with Crippen molar-refractivity contribution >= 4 is 29.4 Å². The van der Waals surface area contributed by atoms with E-state index in [1.165, 1.54) is 0 Å². The number of piperazine rings is 1. The van der Waals surface area contributed by atoms with E-state index in [-0.39, 0.29) is 5.91 Å². The second kappa shape index (κ2) is 8.77. The van der Waals surface area contributed by atoms with Gasteiger partial charge in [0.2, 0.25) is 5.91 Å². The van der Waals surface area contributed by atoms with Gasteiger partial charge in [-0.15, -0.1) is 0 Å². The van der Waals surface area contributed by atoms with Gasteiger partial charge in [-0.1, -0.05) is 0 Å². The maximum Gasteiger partial charge on any atom is 0.246 e. The van der Waals surface area contributed by atoms with Crippen LogP contribution in [0.25, 0.3) is 6.08 Å². The summed E-state index contributed by atoms with van der Waals surface area (Å²) in [6, 6.07) is 9.46. The van der Waals surface area contributed by atoms with Gasteiger partial charge >= 0.3 is 0 Å². The van der Waals surface area contributed by atoms with Gasteiger partial charge in [0.15, 0.2) is 0 Å². The predicted octanol–water partition coefficient (Wildman–Crippen LogP) is 3.19. The maximum atomic E-state index is 12.4. The van der Waals surface area contributed by atoms with Crippen LogP contribution in [0.2, 0.25) is 0 Å². The Morgan fingerprint density at radius 3 is 2.67 bits per heavy atom. The first-order valence-electron chi connectivity index (χ1n) is 9.88. The number of hydrogen-bond acceptors (Lipinski definition) is 7. The van der Waals surface area contributed by atoms with E-state index in [1.54, 1.807) is 30.7 Å². The second-order valence-electron chi connectivity index (χ2n) is 7.16. The molecule has 0 unspecified atom stereocenters. The highest BCUT2D eigenvalue weighted by molar-refractivity contribution is 5.91. The number of anilines is 3. The molecule has 4 heterocycles. The quantitative estimate of drug-likeness (QED) is 0.654. The lowest BCUT2D eigenvalue weighted by atomic mass is 10.2. The topological polar surface area (TPSA) is 87.4 Å². The Balaban J connectivity index is 1.39. The molecule has 1 amide bonds. The van der Waals surface area contributed by atoms with Crippen LogP contribution in [0.3, 0.4) is 0 Å². The number of carbonyl (C=O) groups is 1. The van der Waals surface area contributed by atoms with Crippen molar-refractivity contribution in [2.24, 2.45) is 0 Å². The molecular weight excluding hydrogens is 380 g/mol. The number of furan rings is 1. The summed E-state index contributed by atoms with van der Waals surface area (Å²) in [5, 5.41) is 3.25. The highest BCUT2D eigenvalue weighted by Crippen LogP contribution is 2.20. The van der Waals surface area contributed by atoms with E-state index in [0.29, 0.717) is 43.6 Å². The number of rotatable bonds is 5. The number of nitrogens with zero attached hydrogens (tertiary/aromatic N) is 5. The molecular formula is C22H24N6O2. The predicted molar refractivity (Wildman–Crippen MR) is 116 cm³/mol. The fraction of sp³-hybridized carbons (Fsp3) is 0.273. The van der Waals surface area contributed by atoms with Gasteiger partial charge < -0.3 is 19.5 Å². The minimum Gasteiger partial charge on any atom is -0.465 e. The third kappa shape index (κ3) is 4.83. The van der Waals surface area contributed by atoms with Gasteiger partial charge in [-0.25, -0.2) is 15.0 Å². The Kier molecular flexibility index (Phi) is 5.74. The van der Waals surface area contributed by atoms with E-state index in [4.69, 9.17) is 4.42 Å². The molecule has 0 spiro atoms. The van der Waals surface area contributed by atoms with Crippen LogP contribution in [0.4, 0.5) is 17.5 Å². The van der Waals surface area contributed by atoms with Crippen molar-refractivity contribution in [3.63, 3.8) is 0 Å². The summed E-state index contributed by atoms with van der Waals surface area (Å²) >= 11 is 0. The fourth-order valence-corrected chi connectivity index (χ4v) is 3.31. The second-order valence-corrected chi connectivity index (χ2v) is 7.16. The lowest BCUT2D eigenvalue weighted by Gasteiger charge is -2.35. The van der Waals surface area contributed by atoms with Crippen LogP contribution in [-0.4, -0.2) is 51.9 Å². The first kappa shape index (κ1) is 19.6. The zero-order valence-electron chi connectivity index (χ0n) is 17.1. The molecule has 0 atom stereocenters. The molecule has 0 radical (unpaired) electrons. The molecule has 0 bridgehead atoms. The number of aromatic nitrogens is 3. The van der Waals surface area contributed by atoms with Crippen LogP contribution in [0.15, 0.2) is 53.3 Å². The summed E-state index contributed by atoms with van der Waals surface area (Å²) in [5.41, 5.74) is 1.13. The van der Waals surface area contributed by atoms with Crippen LogP contribution >= 0.6 is 0 Å². The fourth-order valence-electron chi connectivity index (χ4n) is 3.31. The van der Waals surface area contributed by atoms with Gasteiger partial charge in [0.1, 0.15) is 29.0 Å². The smallest absolute Gasteiger partial charge is 0.246 e. The minimum absolute atomic E-state index is 0.0159. The van der Waals surface area contributed by atoms with Crippen LogP contribution in [0, 0.1) is 13.8 Å². The summed E-state index contributed by atoms with van der Waals surface area (Å²) in [7, 11) is 0. The molecule has 1 fully saturated rings. The van der Waals surface area contributed by atoms with Crippen molar-refractivity contribution in [1.29, 1.82) is 0 Å². The molecule has 8 nitrogen and oxygen atoms in total. The molecule has 0 saturated carbocycles. The minimum atomic E-state index is -0.0159. The van der Waals surface area contributed by atoms with Crippen LogP contribution < -0.4 is 10.2 Å². The molecule has 1 N–H and O–H groups in total. The van der Waals surface area contributed by atoms with Gasteiger partial charge in [-0.2, -0.15) is 0 Å². The molecule has 0 aliphatic carbocycles.